The van der Waals surface area contributed by atoms with Gasteiger partial charge in [-0.1, -0.05) is 20.3 Å². The first-order chi connectivity index (χ1) is 5.64. The Morgan fingerprint density at radius 2 is 2.08 bits per heavy atom. The van der Waals surface area contributed by atoms with E-state index in [1.807, 2.05) is 0 Å². The van der Waals surface area contributed by atoms with Gasteiger partial charge in [0.05, 0.1) is 0 Å². The van der Waals surface area contributed by atoms with Crippen molar-refractivity contribution >= 4 is 0 Å². The smallest absolute Gasteiger partial charge is 0.0158 e. The number of rotatable bonds is 3. The van der Waals surface area contributed by atoms with E-state index in [4.69, 9.17) is 0 Å². The maximum absolute atomic E-state index is 2.45. The van der Waals surface area contributed by atoms with E-state index in [1.54, 1.807) is 0 Å². The van der Waals surface area contributed by atoms with Gasteiger partial charge in [-0.05, 0) is 44.2 Å². The van der Waals surface area contributed by atoms with Crippen LogP contribution in [0.2, 0.25) is 0 Å². The third-order valence-electron chi connectivity index (χ3n) is 4.26. The minimum atomic E-state index is 0.791. The van der Waals surface area contributed by atoms with E-state index in [0.29, 0.717) is 0 Å². The Morgan fingerprint density at radius 1 is 1.42 bits per heavy atom. The van der Waals surface area contributed by atoms with Gasteiger partial charge in [0, 0.05) is 6.04 Å². The first-order valence-electron chi connectivity index (χ1n) is 5.31. The van der Waals surface area contributed by atoms with Crippen LogP contribution in [0.3, 0.4) is 0 Å². The standard InChI is InChI=1S/C11H21N/c1-5-6-9-8(2)11(9)7-10(11)12(3)4/h8-10H,5-7H2,1-4H3/t8?,9-,10?,11?/m1/s1. The molecule has 2 fully saturated rings. The van der Waals surface area contributed by atoms with E-state index in [2.05, 4.69) is 32.8 Å². The molecule has 2 saturated carbocycles. The molecule has 0 bridgehead atoms. The molecule has 0 aromatic heterocycles. The summed E-state index contributed by atoms with van der Waals surface area (Å²) in [4.78, 5) is 2.42. The summed E-state index contributed by atoms with van der Waals surface area (Å²) in [5, 5.41) is 0. The van der Waals surface area contributed by atoms with Crippen LogP contribution in [0.1, 0.15) is 33.1 Å². The first-order valence-corrected chi connectivity index (χ1v) is 5.31. The van der Waals surface area contributed by atoms with Crippen LogP contribution in [0.15, 0.2) is 0 Å². The molecule has 0 aromatic rings. The molecule has 2 aliphatic rings. The molecular weight excluding hydrogens is 146 g/mol. The van der Waals surface area contributed by atoms with Gasteiger partial charge in [0.15, 0.2) is 0 Å². The van der Waals surface area contributed by atoms with Crippen LogP contribution in [-0.4, -0.2) is 25.0 Å². The number of hydrogen-bond acceptors (Lipinski definition) is 1. The van der Waals surface area contributed by atoms with Crippen LogP contribution in [0.4, 0.5) is 0 Å². The average Bonchev–Trinajstić information content (AvgIpc) is 2.84. The molecule has 0 N–H and O–H groups in total. The molecule has 0 aliphatic heterocycles. The van der Waals surface area contributed by atoms with E-state index in [0.717, 1.165) is 23.3 Å². The molecule has 12 heavy (non-hydrogen) atoms. The van der Waals surface area contributed by atoms with Gasteiger partial charge in [0.25, 0.3) is 0 Å². The van der Waals surface area contributed by atoms with Crippen molar-refractivity contribution in [1.29, 1.82) is 0 Å². The van der Waals surface area contributed by atoms with Crippen LogP contribution < -0.4 is 0 Å². The Labute approximate surface area is 76.1 Å². The summed E-state index contributed by atoms with van der Waals surface area (Å²) in [6.07, 6.45) is 4.31. The van der Waals surface area contributed by atoms with Crippen molar-refractivity contribution in [3.8, 4) is 0 Å². The van der Waals surface area contributed by atoms with Crippen LogP contribution in [0.5, 0.6) is 0 Å². The quantitative estimate of drug-likeness (QED) is 0.624. The van der Waals surface area contributed by atoms with Gasteiger partial charge in [-0.25, -0.2) is 0 Å². The fourth-order valence-corrected chi connectivity index (χ4v) is 3.41. The Morgan fingerprint density at radius 3 is 2.50 bits per heavy atom. The van der Waals surface area contributed by atoms with E-state index >= 15 is 0 Å². The van der Waals surface area contributed by atoms with Gasteiger partial charge >= 0.3 is 0 Å². The van der Waals surface area contributed by atoms with Gasteiger partial charge in [0.1, 0.15) is 0 Å². The minimum absolute atomic E-state index is 0.791. The number of hydrogen-bond donors (Lipinski definition) is 0. The van der Waals surface area contributed by atoms with Crippen LogP contribution in [0.25, 0.3) is 0 Å². The lowest BCUT2D eigenvalue weighted by Crippen LogP contribution is -2.17. The van der Waals surface area contributed by atoms with Crippen molar-refractivity contribution in [2.75, 3.05) is 14.1 Å². The van der Waals surface area contributed by atoms with Crippen molar-refractivity contribution < 1.29 is 0 Å². The highest BCUT2D eigenvalue weighted by Crippen LogP contribution is 2.76. The molecule has 1 spiro atoms. The maximum atomic E-state index is 2.45. The molecule has 1 nitrogen and oxygen atoms in total. The maximum Gasteiger partial charge on any atom is 0.0158 e. The summed E-state index contributed by atoms with van der Waals surface area (Å²) in [5.41, 5.74) is 0.791. The second kappa shape index (κ2) is 2.47. The second-order valence-electron chi connectivity index (χ2n) is 4.98. The van der Waals surface area contributed by atoms with Crippen molar-refractivity contribution in [1.82, 2.24) is 4.90 Å². The van der Waals surface area contributed by atoms with E-state index in [-0.39, 0.29) is 0 Å². The van der Waals surface area contributed by atoms with E-state index in [1.165, 1.54) is 19.3 Å². The summed E-state index contributed by atoms with van der Waals surface area (Å²) in [6, 6.07) is 0.920. The predicted octanol–water partition coefficient (Wildman–Crippen LogP) is 2.37. The summed E-state index contributed by atoms with van der Waals surface area (Å²) >= 11 is 0. The molecule has 2 rings (SSSR count). The molecule has 0 heterocycles. The van der Waals surface area contributed by atoms with Gasteiger partial charge in [-0.2, -0.15) is 0 Å². The molecule has 0 radical (unpaired) electrons. The summed E-state index contributed by atoms with van der Waals surface area (Å²) in [7, 11) is 4.46. The average molecular weight is 167 g/mol. The highest BCUT2D eigenvalue weighted by molar-refractivity contribution is 5.26. The predicted molar refractivity (Wildman–Crippen MR) is 52.1 cm³/mol. The summed E-state index contributed by atoms with van der Waals surface area (Å²) in [6.45, 7) is 4.76. The molecule has 1 heteroatoms. The topological polar surface area (TPSA) is 3.24 Å². The van der Waals surface area contributed by atoms with Crippen LogP contribution in [0, 0.1) is 17.3 Å². The van der Waals surface area contributed by atoms with Crippen molar-refractivity contribution in [2.24, 2.45) is 17.3 Å². The van der Waals surface area contributed by atoms with Gasteiger partial charge in [0.2, 0.25) is 0 Å². The fraction of sp³-hybridized carbons (Fsp3) is 1.00. The minimum Gasteiger partial charge on any atom is -0.306 e. The lowest BCUT2D eigenvalue weighted by molar-refractivity contribution is 0.360. The van der Waals surface area contributed by atoms with E-state index in [9.17, 15) is 0 Å². The third-order valence-corrected chi connectivity index (χ3v) is 4.26. The summed E-state index contributed by atoms with van der Waals surface area (Å²) < 4.78 is 0. The zero-order chi connectivity index (χ0) is 8.93. The highest BCUT2D eigenvalue weighted by Gasteiger charge is 2.75. The second-order valence-corrected chi connectivity index (χ2v) is 4.98. The molecule has 0 saturated heterocycles. The Kier molecular flexibility index (Phi) is 1.76. The molecule has 3 unspecified atom stereocenters. The Bertz CT molecular complexity index is 187. The lowest BCUT2D eigenvalue weighted by Gasteiger charge is -2.07. The Balaban J connectivity index is 1.93. The SMILES string of the molecule is CCC[C@@H]1C(C)C12CC2N(C)C. The normalized spacial score (nSPS) is 50.2. The number of nitrogens with zero attached hydrogens (tertiary/aromatic N) is 1. The van der Waals surface area contributed by atoms with Gasteiger partial charge in [-0.15, -0.1) is 0 Å². The largest absolute Gasteiger partial charge is 0.306 e. The molecule has 0 amide bonds. The van der Waals surface area contributed by atoms with Crippen LogP contribution >= 0.6 is 0 Å². The Hall–Kier alpha value is -0.0400. The molecule has 4 atom stereocenters. The monoisotopic (exact) mass is 167 g/mol. The molecule has 70 valence electrons. The van der Waals surface area contributed by atoms with Crippen molar-refractivity contribution in [2.45, 2.75) is 39.2 Å². The zero-order valence-corrected chi connectivity index (χ0v) is 8.80. The van der Waals surface area contributed by atoms with E-state index < -0.39 is 0 Å². The molecule has 2 aliphatic carbocycles. The van der Waals surface area contributed by atoms with Crippen molar-refractivity contribution in [3.05, 3.63) is 0 Å². The van der Waals surface area contributed by atoms with Gasteiger partial charge in [-0.3, -0.25) is 0 Å². The fourth-order valence-electron chi connectivity index (χ4n) is 3.41. The highest BCUT2D eigenvalue weighted by atomic mass is 15.2. The van der Waals surface area contributed by atoms with Crippen molar-refractivity contribution in [3.63, 3.8) is 0 Å². The first kappa shape index (κ1) is 8.55. The van der Waals surface area contributed by atoms with Crippen LogP contribution in [-0.2, 0) is 0 Å². The molecule has 0 aromatic carbocycles. The summed E-state index contributed by atoms with van der Waals surface area (Å²) in [5.74, 6) is 2.08. The third kappa shape index (κ3) is 0.891. The van der Waals surface area contributed by atoms with Gasteiger partial charge < -0.3 is 4.90 Å². The molecular formula is C11H21N. The lowest BCUT2D eigenvalue weighted by atomic mass is 10.2. The zero-order valence-electron chi connectivity index (χ0n) is 8.80.